The zero-order chi connectivity index (χ0) is 12.3. The van der Waals surface area contributed by atoms with Gasteiger partial charge in [-0.25, -0.2) is 0 Å². The summed E-state index contributed by atoms with van der Waals surface area (Å²) in [4.78, 5) is 26.9. The molecule has 0 N–H and O–H groups in total. The molecule has 0 aliphatic carbocycles. The third-order valence-corrected chi connectivity index (χ3v) is 2.25. The van der Waals surface area contributed by atoms with Gasteiger partial charge < -0.3 is 9.15 Å². The lowest BCUT2D eigenvalue weighted by molar-refractivity contribution is -0.145. The first-order valence-electron chi connectivity index (χ1n) is 5.13. The molecule has 17 heavy (non-hydrogen) atoms. The van der Waals surface area contributed by atoms with Crippen LogP contribution in [0.3, 0.4) is 0 Å². The monoisotopic (exact) mass is 233 g/mol. The van der Waals surface area contributed by atoms with Gasteiger partial charge in [0.15, 0.2) is 11.7 Å². The zero-order valence-corrected chi connectivity index (χ0v) is 9.25. The van der Waals surface area contributed by atoms with Crippen LogP contribution in [0.4, 0.5) is 0 Å². The van der Waals surface area contributed by atoms with Gasteiger partial charge in [-0.05, 0) is 19.1 Å². The summed E-state index contributed by atoms with van der Waals surface area (Å²) in [7, 11) is 0. The van der Waals surface area contributed by atoms with Crippen LogP contribution in [0.25, 0.3) is 0 Å². The lowest BCUT2D eigenvalue weighted by Gasteiger charge is -2.14. The molecule has 2 heterocycles. The number of esters is 1. The maximum atomic E-state index is 11.5. The maximum absolute atomic E-state index is 11.5. The molecule has 5 nitrogen and oxygen atoms in total. The summed E-state index contributed by atoms with van der Waals surface area (Å²) in [6, 6.07) is 3.51. The summed E-state index contributed by atoms with van der Waals surface area (Å²) in [6.45, 7) is 1.86. The van der Waals surface area contributed by atoms with Crippen molar-refractivity contribution in [1.82, 2.24) is 0 Å². The minimum atomic E-state index is -0.936. The van der Waals surface area contributed by atoms with Crippen molar-refractivity contribution in [2.24, 2.45) is 10.9 Å². The van der Waals surface area contributed by atoms with Crippen molar-refractivity contribution < 1.29 is 18.7 Å². The van der Waals surface area contributed by atoms with Crippen molar-refractivity contribution >= 4 is 18.0 Å². The molecule has 88 valence electrons. The predicted octanol–water partition coefficient (Wildman–Crippen LogP) is 1.50. The Bertz CT molecular complexity index is 485. The van der Waals surface area contributed by atoms with Gasteiger partial charge in [0, 0.05) is 12.3 Å². The fraction of sp³-hybridized carbons (Fsp3) is 0.250. The van der Waals surface area contributed by atoms with Crippen molar-refractivity contribution in [2.45, 2.75) is 13.5 Å². The number of allylic oxidation sites excluding steroid dienone is 2. The number of furan rings is 1. The fourth-order valence-electron chi connectivity index (χ4n) is 1.44. The molecule has 0 spiro atoms. The lowest BCUT2D eigenvalue weighted by atomic mass is 10.0. The van der Waals surface area contributed by atoms with Gasteiger partial charge in [0.1, 0.15) is 11.5 Å². The van der Waals surface area contributed by atoms with E-state index in [1.165, 1.54) is 18.6 Å². The molecule has 0 aromatic carbocycles. The van der Waals surface area contributed by atoms with Crippen LogP contribution in [-0.2, 0) is 20.9 Å². The molecule has 2 rings (SSSR count). The van der Waals surface area contributed by atoms with Crippen molar-refractivity contribution in [3.8, 4) is 0 Å². The Morgan fingerprint density at radius 1 is 1.47 bits per heavy atom. The quantitative estimate of drug-likeness (QED) is 0.450. The molecule has 0 unspecified atom stereocenters. The van der Waals surface area contributed by atoms with Crippen LogP contribution < -0.4 is 0 Å². The molecule has 0 amide bonds. The van der Waals surface area contributed by atoms with Gasteiger partial charge in [-0.3, -0.25) is 14.6 Å². The van der Waals surface area contributed by atoms with Crippen LogP contribution in [0, 0.1) is 5.92 Å². The minimum Gasteiger partial charge on any atom is -0.467 e. The predicted molar refractivity (Wildman–Crippen MR) is 59.3 cm³/mol. The second kappa shape index (κ2) is 4.78. The summed E-state index contributed by atoms with van der Waals surface area (Å²) in [5, 5.41) is 0. The molecule has 0 saturated carbocycles. The molecule has 1 aliphatic heterocycles. The first-order valence-corrected chi connectivity index (χ1v) is 5.13. The normalized spacial score (nSPS) is 20.5. The van der Waals surface area contributed by atoms with Crippen LogP contribution in [0.1, 0.15) is 12.7 Å². The molecule has 1 aromatic heterocycles. The molecule has 0 radical (unpaired) electrons. The minimum absolute atomic E-state index is 0.298. The Hall–Kier alpha value is -2.17. The number of cyclic esters (lactones) is 1. The number of aliphatic imine (C=N–C) groups is 1. The number of hydrogen-bond acceptors (Lipinski definition) is 5. The van der Waals surface area contributed by atoms with Gasteiger partial charge in [-0.15, -0.1) is 0 Å². The molecule has 0 fully saturated rings. The van der Waals surface area contributed by atoms with E-state index in [2.05, 4.69) is 4.99 Å². The molecule has 0 saturated heterocycles. The number of ketones is 1. The summed E-state index contributed by atoms with van der Waals surface area (Å²) in [5.41, 5.74) is 0. The SMILES string of the molecule is CC1=CC(=O)[C@H](C=NCc2ccco2)C(=O)O1. The fourth-order valence-corrected chi connectivity index (χ4v) is 1.44. The van der Waals surface area contributed by atoms with Gasteiger partial charge in [0.05, 0.1) is 12.8 Å². The van der Waals surface area contributed by atoms with E-state index in [1.54, 1.807) is 19.1 Å². The number of nitrogens with zero attached hydrogens (tertiary/aromatic N) is 1. The second-order valence-corrected chi connectivity index (χ2v) is 3.63. The van der Waals surface area contributed by atoms with E-state index < -0.39 is 11.9 Å². The van der Waals surface area contributed by atoms with Gasteiger partial charge in [-0.1, -0.05) is 0 Å². The van der Waals surface area contributed by atoms with E-state index in [0.717, 1.165) is 0 Å². The molecular weight excluding hydrogens is 222 g/mol. The Morgan fingerprint density at radius 2 is 2.29 bits per heavy atom. The highest BCUT2D eigenvalue weighted by atomic mass is 16.5. The Kier molecular flexibility index (Phi) is 3.18. The highest BCUT2D eigenvalue weighted by Crippen LogP contribution is 2.13. The molecule has 0 bridgehead atoms. The summed E-state index contributed by atoms with van der Waals surface area (Å²) in [5.74, 6) is -0.839. The summed E-state index contributed by atoms with van der Waals surface area (Å²) in [6.07, 6.45) is 4.14. The molecule has 1 atom stereocenters. The molecule has 1 aliphatic rings. The Balaban J connectivity index is 2.01. The van der Waals surface area contributed by atoms with Crippen LogP contribution in [0.15, 0.2) is 39.6 Å². The third kappa shape index (κ3) is 2.69. The number of carbonyl (C=O) groups is 2. The van der Waals surface area contributed by atoms with Gasteiger partial charge in [0.25, 0.3) is 0 Å². The topological polar surface area (TPSA) is 68.9 Å². The average molecular weight is 233 g/mol. The van der Waals surface area contributed by atoms with Gasteiger partial charge >= 0.3 is 5.97 Å². The van der Waals surface area contributed by atoms with Crippen LogP contribution in [-0.4, -0.2) is 18.0 Å². The number of rotatable bonds is 3. The van der Waals surface area contributed by atoms with Crippen molar-refractivity contribution in [2.75, 3.05) is 0 Å². The molecular formula is C12H11NO4. The Morgan fingerprint density at radius 3 is 2.94 bits per heavy atom. The molecule has 5 heteroatoms. The van der Waals surface area contributed by atoms with Crippen molar-refractivity contribution in [3.05, 3.63) is 36.0 Å². The zero-order valence-electron chi connectivity index (χ0n) is 9.25. The number of hydrogen-bond donors (Lipinski definition) is 0. The van der Waals surface area contributed by atoms with E-state index in [0.29, 0.717) is 18.1 Å². The maximum Gasteiger partial charge on any atom is 0.327 e. The second-order valence-electron chi connectivity index (χ2n) is 3.63. The van der Waals surface area contributed by atoms with E-state index in [1.807, 2.05) is 0 Å². The average Bonchev–Trinajstić information content (AvgIpc) is 2.74. The van der Waals surface area contributed by atoms with Crippen molar-refractivity contribution in [3.63, 3.8) is 0 Å². The summed E-state index contributed by atoms with van der Waals surface area (Å²) < 4.78 is 9.91. The van der Waals surface area contributed by atoms with E-state index >= 15 is 0 Å². The standard InChI is InChI=1S/C12H11NO4/c1-8-5-11(14)10(12(15)17-8)7-13-6-9-3-2-4-16-9/h2-5,7,10H,6H2,1H3/t10-/m0/s1. The van der Waals surface area contributed by atoms with Crippen LogP contribution in [0.5, 0.6) is 0 Å². The van der Waals surface area contributed by atoms with Gasteiger partial charge in [-0.2, -0.15) is 0 Å². The highest BCUT2D eigenvalue weighted by molar-refractivity contribution is 6.17. The smallest absolute Gasteiger partial charge is 0.327 e. The lowest BCUT2D eigenvalue weighted by Crippen LogP contribution is -2.30. The number of ether oxygens (including phenoxy) is 1. The van der Waals surface area contributed by atoms with E-state index in [9.17, 15) is 9.59 Å². The number of carbonyl (C=O) groups excluding carboxylic acids is 2. The first kappa shape index (κ1) is 11.3. The molecule has 1 aromatic rings. The van der Waals surface area contributed by atoms with Gasteiger partial charge in [0.2, 0.25) is 0 Å². The van der Waals surface area contributed by atoms with Crippen LogP contribution in [0.2, 0.25) is 0 Å². The highest BCUT2D eigenvalue weighted by Gasteiger charge is 2.29. The van der Waals surface area contributed by atoms with Crippen molar-refractivity contribution in [1.29, 1.82) is 0 Å². The summed E-state index contributed by atoms with van der Waals surface area (Å²) >= 11 is 0. The third-order valence-electron chi connectivity index (χ3n) is 2.25. The first-order chi connectivity index (χ1) is 8.16. The van der Waals surface area contributed by atoms with E-state index in [4.69, 9.17) is 9.15 Å². The largest absolute Gasteiger partial charge is 0.467 e. The van der Waals surface area contributed by atoms with Crippen LogP contribution >= 0.6 is 0 Å². The van der Waals surface area contributed by atoms with E-state index in [-0.39, 0.29) is 5.78 Å². The Labute approximate surface area is 97.8 Å².